The van der Waals surface area contributed by atoms with Crippen molar-refractivity contribution in [2.45, 2.75) is 42.0 Å². The average Bonchev–Trinajstić information content (AvgIpc) is 3.23. The Morgan fingerprint density at radius 3 is 2.48 bits per heavy atom. The Balaban J connectivity index is 1.56. The van der Waals surface area contributed by atoms with Gasteiger partial charge < -0.3 is 4.90 Å². The quantitative estimate of drug-likeness (QED) is 0.706. The summed E-state index contributed by atoms with van der Waals surface area (Å²) in [6.07, 6.45) is 3.00. The minimum absolute atomic E-state index is 0.0826. The molecule has 3 aliphatic rings. The van der Waals surface area contributed by atoms with Crippen LogP contribution < -0.4 is 10.2 Å². The molecular formula is C21H20FN3O4S2. The normalized spacial score (nSPS) is 25.2. The first kappa shape index (κ1) is 20.4. The van der Waals surface area contributed by atoms with Gasteiger partial charge in [-0.1, -0.05) is 35.2 Å². The minimum atomic E-state index is -0.694. The van der Waals surface area contributed by atoms with Crippen molar-refractivity contribution >= 4 is 40.8 Å². The molecule has 5 rings (SSSR count). The number of fused-ring (bicyclic) bond motifs is 2. The fourth-order valence-electron chi connectivity index (χ4n) is 4.58. The molecule has 0 saturated carbocycles. The second-order valence-electron chi connectivity index (χ2n) is 8.01. The molecule has 3 amide bonds. The van der Waals surface area contributed by atoms with Crippen molar-refractivity contribution in [3.63, 3.8) is 0 Å². The standard InChI is InChI=1S/C21H20FN3O4S2/c22-12-6-4-11(5-7-12)14-15-16(19(28)23-18(15)27)30-20-17(14)31-21(29)25(20)10-13(26)24-8-2-1-3-9-24/h4-7,14-16H,1-3,8-10H2,(H,23,27,28)/t14-,15?,16?/m0/s1. The molecule has 162 valence electrons. The summed E-state index contributed by atoms with van der Waals surface area (Å²) >= 11 is 2.17. The Hall–Kier alpha value is -2.46. The molecule has 1 aromatic heterocycles. The van der Waals surface area contributed by atoms with Gasteiger partial charge >= 0.3 is 4.87 Å². The van der Waals surface area contributed by atoms with Crippen molar-refractivity contribution in [2.24, 2.45) is 5.92 Å². The topological polar surface area (TPSA) is 88.5 Å². The maximum atomic E-state index is 13.5. The molecule has 4 heterocycles. The largest absolute Gasteiger partial charge is 0.341 e. The fourth-order valence-corrected chi connectivity index (χ4v) is 7.32. The molecule has 31 heavy (non-hydrogen) atoms. The first-order valence-corrected chi connectivity index (χ1v) is 11.9. The number of halogens is 1. The van der Waals surface area contributed by atoms with Crippen molar-refractivity contribution in [3.8, 4) is 0 Å². The highest BCUT2D eigenvalue weighted by molar-refractivity contribution is 8.00. The molecule has 0 radical (unpaired) electrons. The predicted molar refractivity (Wildman–Crippen MR) is 114 cm³/mol. The maximum Gasteiger partial charge on any atom is 0.308 e. The van der Waals surface area contributed by atoms with E-state index in [2.05, 4.69) is 5.32 Å². The van der Waals surface area contributed by atoms with Crippen molar-refractivity contribution in [3.05, 3.63) is 50.2 Å². The van der Waals surface area contributed by atoms with Gasteiger partial charge in [0.05, 0.1) is 10.9 Å². The summed E-state index contributed by atoms with van der Waals surface area (Å²) in [6, 6.07) is 5.78. The second-order valence-corrected chi connectivity index (χ2v) is 10.1. The van der Waals surface area contributed by atoms with Gasteiger partial charge in [0.15, 0.2) is 0 Å². The Morgan fingerprint density at radius 2 is 1.77 bits per heavy atom. The van der Waals surface area contributed by atoms with Gasteiger partial charge in [-0.25, -0.2) is 4.39 Å². The van der Waals surface area contributed by atoms with E-state index < -0.39 is 28.8 Å². The highest BCUT2D eigenvalue weighted by Gasteiger charge is 2.52. The number of benzene rings is 1. The zero-order chi connectivity index (χ0) is 21.7. The molecule has 0 spiro atoms. The van der Waals surface area contributed by atoms with Crippen LogP contribution in [0.15, 0.2) is 34.1 Å². The van der Waals surface area contributed by atoms with Gasteiger partial charge in [-0.3, -0.25) is 29.1 Å². The molecule has 1 N–H and O–H groups in total. The molecule has 10 heteroatoms. The summed E-state index contributed by atoms with van der Waals surface area (Å²) in [6.45, 7) is 1.29. The Kier molecular flexibility index (Phi) is 5.21. The number of amides is 3. The molecule has 1 aromatic carbocycles. The molecule has 2 unspecified atom stereocenters. The number of thiazole rings is 1. The zero-order valence-electron chi connectivity index (χ0n) is 16.5. The lowest BCUT2D eigenvalue weighted by Gasteiger charge is -2.31. The molecule has 2 fully saturated rings. The lowest BCUT2D eigenvalue weighted by Crippen LogP contribution is -2.39. The van der Waals surface area contributed by atoms with Crippen LogP contribution in [0.5, 0.6) is 0 Å². The van der Waals surface area contributed by atoms with Gasteiger partial charge in [0.1, 0.15) is 17.6 Å². The second kappa shape index (κ2) is 7.90. The van der Waals surface area contributed by atoms with E-state index in [0.717, 1.165) is 30.6 Å². The number of piperidine rings is 1. The van der Waals surface area contributed by atoms with Crippen LogP contribution in [0.25, 0.3) is 0 Å². The molecule has 7 nitrogen and oxygen atoms in total. The smallest absolute Gasteiger partial charge is 0.308 e. The molecule has 0 bridgehead atoms. The van der Waals surface area contributed by atoms with Crippen LogP contribution in [-0.2, 0) is 20.9 Å². The lowest BCUT2D eigenvalue weighted by atomic mass is 9.83. The third kappa shape index (κ3) is 3.51. The van der Waals surface area contributed by atoms with Crippen molar-refractivity contribution in [1.29, 1.82) is 0 Å². The number of nitrogens with zero attached hydrogens (tertiary/aromatic N) is 2. The highest BCUT2D eigenvalue weighted by atomic mass is 32.2. The Morgan fingerprint density at radius 1 is 1.06 bits per heavy atom. The van der Waals surface area contributed by atoms with E-state index in [1.54, 1.807) is 17.0 Å². The summed E-state index contributed by atoms with van der Waals surface area (Å²) in [5.74, 6) is -2.53. The van der Waals surface area contributed by atoms with Crippen LogP contribution in [0, 0.1) is 11.7 Å². The highest BCUT2D eigenvalue weighted by Crippen LogP contribution is 2.51. The number of hydrogen-bond acceptors (Lipinski definition) is 6. The third-order valence-corrected chi connectivity index (χ3v) is 8.73. The lowest BCUT2D eigenvalue weighted by molar-refractivity contribution is -0.133. The van der Waals surface area contributed by atoms with Gasteiger partial charge in [0.2, 0.25) is 17.7 Å². The first-order chi connectivity index (χ1) is 14.9. The summed E-state index contributed by atoms with van der Waals surface area (Å²) < 4.78 is 14.9. The maximum absolute atomic E-state index is 13.5. The monoisotopic (exact) mass is 461 g/mol. The SMILES string of the molecule is O=C1NC(=O)C2C1Sc1c(sc(=O)n1CC(=O)N1CCCCC1)[C@H]2c1ccc(F)cc1. The minimum Gasteiger partial charge on any atom is -0.341 e. The van der Waals surface area contributed by atoms with Crippen LogP contribution in [0.1, 0.15) is 35.6 Å². The molecule has 0 aliphatic carbocycles. The molecular weight excluding hydrogens is 441 g/mol. The van der Waals surface area contributed by atoms with Crippen molar-refractivity contribution in [2.75, 3.05) is 13.1 Å². The zero-order valence-corrected chi connectivity index (χ0v) is 18.1. The predicted octanol–water partition coefficient (Wildman–Crippen LogP) is 1.94. The van der Waals surface area contributed by atoms with Crippen LogP contribution in [-0.4, -0.2) is 45.5 Å². The van der Waals surface area contributed by atoms with Gasteiger partial charge in [-0.15, -0.1) is 0 Å². The van der Waals surface area contributed by atoms with Crippen molar-refractivity contribution in [1.82, 2.24) is 14.8 Å². The number of thioether (sulfide) groups is 1. The number of carbonyl (C=O) groups is 3. The van der Waals surface area contributed by atoms with Gasteiger partial charge in [-0.05, 0) is 37.0 Å². The number of nitrogens with one attached hydrogen (secondary N) is 1. The van der Waals surface area contributed by atoms with E-state index in [0.29, 0.717) is 28.6 Å². The molecule has 3 aliphatic heterocycles. The Labute approximate surface area is 185 Å². The number of imide groups is 1. The number of rotatable bonds is 3. The fraction of sp³-hybridized carbons (Fsp3) is 0.429. The van der Waals surface area contributed by atoms with E-state index in [1.165, 1.54) is 28.5 Å². The molecule has 2 saturated heterocycles. The van der Waals surface area contributed by atoms with Crippen molar-refractivity contribution < 1.29 is 18.8 Å². The Bertz CT molecular complexity index is 1120. The van der Waals surface area contributed by atoms with E-state index >= 15 is 0 Å². The molecule has 3 atom stereocenters. The summed E-state index contributed by atoms with van der Waals surface area (Å²) in [5, 5.41) is 2.25. The summed E-state index contributed by atoms with van der Waals surface area (Å²) in [7, 11) is 0. The van der Waals surface area contributed by atoms with Gasteiger partial charge in [0, 0.05) is 23.9 Å². The number of hydrogen-bond donors (Lipinski definition) is 1. The number of carbonyl (C=O) groups excluding carboxylic acids is 3. The van der Waals surface area contributed by atoms with Crippen LogP contribution in [0.4, 0.5) is 4.39 Å². The van der Waals surface area contributed by atoms with Crippen LogP contribution in [0.2, 0.25) is 0 Å². The van der Waals surface area contributed by atoms with E-state index in [-0.39, 0.29) is 23.2 Å². The van der Waals surface area contributed by atoms with Gasteiger partial charge in [0.25, 0.3) is 0 Å². The van der Waals surface area contributed by atoms with Gasteiger partial charge in [-0.2, -0.15) is 0 Å². The van der Waals surface area contributed by atoms with Crippen LogP contribution >= 0.6 is 23.1 Å². The van der Waals surface area contributed by atoms with E-state index in [4.69, 9.17) is 0 Å². The average molecular weight is 462 g/mol. The molecule has 2 aromatic rings. The summed E-state index contributed by atoms with van der Waals surface area (Å²) in [5.41, 5.74) is 0.665. The van der Waals surface area contributed by atoms with E-state index in [1.807, 2.05) is 0 Å². The van der Waals surface area contributed by atoms with Crippen LogP contribution in [0.3, 0.4) is 0 Å². The van der Waals surface area contributed by atoms with E-state index in [9.17, 15) is 23.6 Å². The summed E-state index contributed by atoms with van der Waals surface area (Å²) in [4.78, 5) is 52.9. The number of aromatic nitrogens is 1. The number of likely N-dealkylation sites (tertiary alicyclic amines) is 1. The first-order valence-electron chi connectivity index (χ1n) is 10.2. The third-order valence-electron chi connectivity index (χ3n) is 6.12.